The molecule has 0 saturated heterocycles. The van der Waals surface area contributed by atoms with E-state index >= 15 is 0 Å². The highest BCUT2D eigenvalue weighted by atomic mass is 16.3. The van der Waals surface area contributed by atoms with Crippen molar-refractivity contribution < 1.29 is 25.0 Å². The Kier molecular flexibility index (Phi) is 3.39. The lowest BCUT2D eigenvalue weighted by molar-refractivity contribution is 0.670. The molecule has 1 aromatic heterocycles. The molecule has 9 rings (SSSR count). The normalized spacial score (nSPS) is 16.2. The van der Waals surface area contributed by atoms with Gasteiger partial charge in [0.25, 0.3) is 0 Å². The van der Waals surface area contributed by atoms with Crippen molar-refractivity contribution in [2.75, 3.05) is 0 Å². The molecule has 1 heteroatoms. The molecule has 0 atom stereocenters. The van der Waals surface area contributed by atoms with Gasteiger partial charge in [-0.1, -0.05) is 157 Å². The van der Waals surface area contributed by atoms with E-state index in [9.17, 15) is 4.11 Å². The van der Waals surface area contributed by atoms with Crippen LogP contribution in [0.15, 0.2) is 174 Å². The van der Waals surface area contributed by atoms with Gasteiger partial charge in [0.05, 0.1) is 20.6 Å². The van der Waals surface area contributed by atoms with E-state index in [1.54, 1.807) is 78.9 Å². The molecule has 0 saturated carbocycles. The minimum atomic E-state index is -0.698. The van der Waals surface area contributed by atoms with Crippen molar-refractivity contribution >= 4 is 43.5 Å². The van der Waals surface area contributed by atoms with E-state index in [4.69, 9.17) is 20.9 Å². The molecule has 0 unspecified atom stereocenters. The molecule has 1 heterocycles. The van der Waals surface area contributed by atoms with Gasteiger partial charge in [-0.05, 0) is 72.6 Å². The van der Waals surface area contributed by atoms with Crippen LogP contribution in [0.5, 0.6) is 0 Å². The maximum absolute atomic E-state index is 9.78. The summed E-state index contributed by atoms with van der Waals surface area (Å²) in [5.74, 6) is 0. The molecule has 210 valence electrons. The van der Waals surface area contributed by atoms with Gasteiger partial charge in [0, 0.05) is 16.3 Å². The van der Waals surface area contributed by atoms with Crippen molar-refractivity contribution in [1.29, 1.82) is 0 Å². The van der Waals surface area contributed by atoms with Crippen molar-refractivity contribution in [2.24, 2.45) is 0 Å². The van der Waals surface area contributed by atoms with Crippen LogP contribution in [0, 0.1) is 0 Å². The summed E-state index contributed by atoms with van der Waals surface area (Å²) in [5, 5.41) is 1.72. The van der Waals surface area contributed by atoms with Crippen molar-refractivity contribution in [3.8, 4) is 44.5 Å². The minimum absolute atomic E-state index is 0.00657. The van der Waals surface area contributed by atoms with Gasteiger partial charge in [-0.25, -0.2) is 0 Å². The molecule has 45 heavy (non-hydrogen) atoms. The van der Waals surface area contributed by atoms with Gasteiger partial charge in [0.1, 0.15) is 11.2 Å². The Morgan fingerprint density at radius 3 is 1.60 bits per heavy atom. The Bertz CT molecular complexity index is 3290. The summed E-state index contributed by atoms with van der Waals surface area (Å²) in [7, 11) is 0. The fourth-order valence-electron chi connectivity index (χ4n) is 6.21. The molecular weight excluding hydrogens is 544 g/mol. The summed E-state index contributed by atoms with van der Waals surface area (Å²) < 4.78 is 139. The molecule has 0 aliphatic carbocycles. The van der Waals surface area contributed by atoms with Gasteiger partial charge in [0.15, 0.2) is 0 Å². The first-order valence-electron chi connectivity index (χ1n) is 21.7. The molecule has 0 bridgehead atoms. The molecule has 9 aromatic rings. The average molecular weight is 588 g/mol. The van der Waals surface area contributed by atoms with E-state index in [2.05, 4.69) is 0 Å². The first kappa shape index (κ1) is 14.7. The zero-order chi connectivity index (χ0) is 42.8. The molecule has 1 nitrogen and oxygen atoms in total. The second-order valence-corrected chi connectivity index (χ2v) is 10.5. The fourth-order valence-corrected chi connectivity index (χ4v) is 6.21. The lowest BCUT2D eigenvalue weighted by atomic mass is 9.83. The van der Waals surface area contributed by atoms with Crippen LogP contribution in [0.25, 0.3) is 88.0 Å². The number of hydrogen-bond acceptors (Lipinski definition) is 1. The van der Waals surface area contributed by atoms with E-state index in [0.29, 0.717) is 38.2 Å². The summed E-state index contributed by atoms with van der Waals surface area (Å²) in [6.07, 6.45) is 0. The predicted octanol–water partition coefficient (Wildman–Crippen LogP) is 12.6. The largest absolute Gasteiger partial charge is 0.455 e. The van der Waals surface area contributed by atoms with E-state index < -0.39 is 84.1 Å². The molecular formula is C44H28O. The second-order valence-electron chi connectivity index (χ2n) is 10.5. The third-order valence-electron chi connectivity index (χ3n) is 8.06. The lowest BCUT2D eigenvalue weighted by Gasteiger charge is -2.20. The minimum Gasteiger partial charge on any atom is -0.455 e. The van der Waals surface area contributed by atoms with E-state index in [-0.39, 0.29) is 56.3 Å². The maximum Gasteiger partial charge on any atom is 0.143 e. The number of para-hydroxylation sites is 1. The van der Waals surface area contributed by atoms with Crippen LogP contribution in [0.1, 0.15) is 20.6 Å². The van der Waals surface area contributed by atoms with Crippen LogP contribution in [-0.4, -0.2) is 0 Å². The molecule has 0 radical (unpaired) electrons. The van der Waals surface area contributed by atoms with Crippen LogP contribution in [-0.2, 0) is 0 Å². The highest BCUT2D eigenvalue weighted by Crippen LogP contribution is 2.49. The Balaban J connectivity index is 1.54. The smallest absolute Gasteiger partial charge is 0.143 e. The van der Waals surface area contributed by atoms with Crippen molar-refractivity contribution in [1.82, 2.24) is 0 Å². The second kappa shape index (κ2) is 10.4. The monoisotopic (exact) mass is 587 g/mol. The summed E-state index contributed by atoms with van der Waals surface area (Å²) in [5.41, 5.74) is 0.423. The summed E-state index contributed by atoms with van der Waals surface area (Å²) in [6.45, 7) is 0. The van der Waals surface area contributed by atoms with Crippen LogP contribution in [0.2, 0.25) is 0 Å². The van der Waals surface area contributed by atoms with Gasteiger partial charge < -0.3 is 4.42 Å². The van der Waals surface area contributed by atoms with Gasteiger partial charge in [-0.2, -0.15) is 0 Å². The maximum atomic E-state index is 9.78. The third-order valence-corrected chi connectivity index (χ3v) is 8.06. The Labute approximate surface area is 282 Å². The van der Waals surface area contributed by atoms with Crippen LogP contribution in [0.4, 0.5) is 0 Å². The van der Waals surface area contributed by atoms with Gasteiger partial charge in [-0.3, -0.25) is 0 Å². The van der Waals surface area contributed by atoms with Crippen molar-refractivity contribution in [3.63, 3.8) is 0 Å². The van der Waals surface area contributed by atoms with Crippen LogP contribution < -0.4 is 0 Å². The Hall–Kier alpha value is -5.92. The van der Waals surface area contributed by atoms with E-state index in [1.165, 1.54) is 0 Å². The Morgan fingerprint density at radius 2 is 0.911 bits per heavy atom. The van der Waals surface area contributed by atoms with Crippen molar-refractivity contribution in [3.05, 3.63) is 169 Å². The highest BCUT2D eigenvalue weighted by Gasteiger charge is 2.22. The molecule has 0 fully saturated rings. The summed E-state index contributed by atoms with van der Waals surface area (Å²) >= 11 is 0. The topological polar surface area (TPSA) is 13.1 Å². The summed E-state index contributed by atoms with van der Waals surface area (Å²) in [4.78, 5) is 0. The number of hydrogen-bond donors (Lipinski definition) is 0. The molecule has 0 aliphatic rings. The number of furan rings is 1. The lowest BCUT2D eigenvalue weighted by Crippen LogP contribution is -1.93. The highest BCUT2D eigenvalue weighted by molar-refractivity contribution is 6.27. The molecule has 8 aromatic carbocycles. The van der Waals surface area contributed by atoms with E-state index in [0.717, 1.165) is 0 Å². The van der Waals surface area contributed by atoms with Crippen LogP contribution >= 0.6 is 0 Å². The first-order chi connectivity index (χ1) is 28.6. The van der Waals surface area contributed by atoms with Crippen molar-refractivity contribution in [2.45, 2.75) is 0 Å². The van der Waals surface area contributed by atoms with Gasteiger partial charge >= 0.3 is 0 Å². The zero-order valence-electron chi connectivity index (χ0n) is 38.4. The summed E-state index contributed by atoms with van der Waals surface area (Å²) in [6, 6.07) is 14.8. The number of rotatable bonds is 4. The third kappa shape index (κ3) is 4.02. The fraction of sp³-hybridized carbons (Fsp3) is 0. The quantitative estimate of drug-likeness (QED) is 0.187. The van der Waals surface area contributed by atoms with Gasteiger partial charge in [0.2, 0.25) is 0 Å². The SMILES string of the molecule is [2H]c1c([2H])c([2H])c(-c2c([2H])c([2H])c(-c3c4ccccc4c(-c4c([2H])c([2H])c([2H])c([2H])c4-c4ccccc4)c4ccccc34)c3c2oc2c([2H])c([2H])c([2H])c([2H])c23)c([2H])c1[2H]. The van der Waals surface area contributed by atoms with Crippen LogP contribution in [0.3, 0.4) is 0 Å². The standard InChI is InChI=1S/C44H28O/c1-3-15-29(16-4-1)31-19-7-8-20-33(31)41-34-21-9-11-23-36(34)42(37-24-12-10-22-35(37)41)39-28-27-32(30-17-5-2-6-18-30)44-43(39)38-25-13-14-26-40(38)45-44/h1-28H/i2D,5D,6D,7D,8D,13D,14D,17D,18D,19D,20D,25D,26D,27D,28D. The number of benzene rings is 8. The molecule has 0 amide bonds. The molecule has 0 spiro atoms. The first-order valence-corrected chi connectivity index (χ1v) is 14.2. The molecule has 0 aliphatic heterocycles. The molecule has 0 N–H and O–H groups in total. The van der Waals surface area contributed by atoms with Gasteiger partial charge in [-0.15, -0.1) is 0 Å². The van der Waals surface area contributed by atoms with E-state index in [1.807, 2.05) is 0 Å². The number of fused-ring (bicyclic) bond motifs is 5. The zero-order valence-corrected chi connectivity index (χ0v) is 23.4. The predicted molar refractivity (Wildman–Crippen MR) is 190 cm³/mol. The Morgan fingerprint density at radius 1 is 0.378 bits per heavy atom. The average Bonchev–Trinajstić information content (AvgIpc) is 3.65.